The molecule has 0 radical (unpaired) electrons. The molecular formula is C73H110NO5+. The third-order valence-electron chi connectivity index (χ3n) is 17.2. The zero-order valence-corrected chi connectivity index (χ0v) is 50.7. The summed E-state index contributed by atoms with van der Waals surface area (Å²) >= 11 is 0. The van der Waals surface area contributed by atoms with Gasteiger partial charge in [-0.1, -0.05) is 289 Å². The largest absolute Gasteiger partial charge is 0.489 e. The van der Waals surface area contributed by atoms with Gasteiger partial charge in [0, 0.05) is 17.7 Å². The molecule has 0 spiro atoms. The highest BCUT2D eigenvalue weighted by Gasteiger charge is 2.33. The molecule has 2 aliphatic heterocycles. The first-order chi connectivity index (χ1) is 39.2. The molecule has 6 heteroatoms. The SMILES string of the molecule is CCCCCCCCCCCCCCCCOc1cc(-[n+]2c3cccc4oc5cccc6oc7cccc2c7c(c43)-c56)cc(OCCCCCCCCCCCCCCCC)c1OCCCCCCCCCCCCCCCC. The maximum Gasteiger partial charge on any atom is 0.223 e. The number of rotatable bonds is 49. The molecule has 436 valence electrons. The van der Waals surface area contributed by atoms with Crippen LogP contribution in [-0.4, -0.2) is 19.8 Å². The number of benzene rings is 4. The molecule has 0 bridgehead atoms. The summed E-state index contributed by atoms with van der Waals surface area (Å²) in [6.07, 6.45) is 56.1. The molecule has 0 saturated heterocycles. The molecule has 6 nitrogen and oxygen atoms in total. The summed E-state index contributed by atoms with van der Waals surface area (Å²) in [5.74, 6) is 2.31. The quantitative estimate of drug-likeness (QED) is 0.0165. The number of unbranched alkanes of at least 4 members (excludes halogenated alkanes) is 39. The van der Waals surface area contributed by atoms with Gasteiger partial charge in [-0.15, -0.1) is 0 Å². The Hall–Kier alpha value is -4.45. The van der Waals surface area contributed by atoms with Crippen LogP contribution in [0.1, 0.15) is 290 Å². The minimum absolute atomic E-state index is 0.649. The van der Waals surface area contributed by atoms with E-state index in [2.05, 4.69) is 86.0 Å². The first-order valence-corrected chi connectivity index (χ1v) is 33.7. The summed E-state index contributed by atoms with van der Waals surface area (Å²) in [6.45, 7) is 8.86. The average molecular weight is 1080 g/mol. The van der Waals surface area contributed by atoms with Crippen molar-refractivity contribution in [2.45, 2.75) is 290 Å². The molecule has 0 N–H and O–H groups in total. The lowest BCUT2D eigenvalue weighted by molar-refractivity contribution is -0.537. The lowest BCUT2D eigenvalue weighted by atomic mass is 9.92. The van der Waals surface area contributed by atoms with Crippen molar-refractivity contribution >= 4 is 44.1 Å². The first-order valence-electron chi connectivity index (χ1n) is 33.7. The molecule has 0 atom stereocenters. The Morgan fingerprint density at radius 1 is 0.304 bits per heavy atom. The van der Waals surface area contributed by atoms with Gasteiger partial charge in [-0.2, -0.15) is 4.57 Å². The fraction of sp³-hybridized carbons (Fsp3) is 0.658. The molecule has 3 heterocycles. The van der Waals surface area contributed by atoms with Crippen molar-refractivity contribution in [3.05, 3.63) is 66.7 Å². The highest BCUT2D eigenvalue weighted by molar-refractivity contribution is 6.22. The smallest absolute Gasteiger partial charge is 0.223 e. The second-order valence-electron chi connectivity index (χ2n) is 23.9. The Labute approximate surface area is 480 Å². The standard InChI is InChI=1S/C73H110NO5/c1-4-7-10-13-16-19-22-25-28-31-34-37-40-43-55-75-67-58-60(74-61-49-46-51-63-69(61)72-70-62(74)50-47-52-64(70)79-66-54-48-53-65(78-63)71(66)72)59-68(76-56-44-41-38-35-32-29-26-23-20-17-14-11-8-5-2)73(67)77-57-45-42-39-36-33-30-27-24-21-18-15-12-9-6-3/h46-54,58-59H,4-45,55-57H2,1-3H3/q+1. The Bertz CT molecular complexity index is 2470. The van der Waals surface area contributed by atoms with E-state index in [0.717, 1.165) is 91.9 Å². The van der Waals surface area contributed by atoms with E-state index in [0.29, 0.717) is 19.8 Å². The Morgan fingerprint density at radius 2 is 0.582 bits per heavy atom. The minimum Gasteiger partial charge on any atom is -0.489 e. The third-order valence-corrected chi connectivity index (χ3v) is 17.2. The van der Waals surface area contributed by atoms with Crippen molar-refractivity contribution in [2.24, 2.45) is 0 Å². The fourth-order valence-corrected chi connectivity index (χ4v) is 12.5. The van der Waals surface area contributed by atoms with Gasteiger partial charge in [0.25, 0.3) is 0 Å². The zero-order valence-electron chi connectivity index (χ0n) is 50.7. The normalized spacial score (nSPS) is 12.0. The van der Waals surface area contributed by atoms with Gasteiger partial charge in [0.05, 0.1) is 48.3 Å². The van der Waals surface area contributed by atoms with Crippen LogP contribution in [0.3, 0.4) is 0 Å². The number of nitrogens with zero attached hydrogens (tertiary/aromatic N) is 1. The van der Waals surface area contributed by atoms with Crippen molar-refractivity contribution in [3.8, 4) is 34.1 Å². The summed E-state index contributed by atoms with van der Waals surface area (Å²) in [7, 11) is 0. The van der Waals surface area contributed by atoms with Gasteiger partial charge in [-0.05, 0) is 43.5 Å². The predicted octanol–water partition coefficient (Wildman–Crippen LogP) is 23.9. The maximum absolute atomic E-state index is 6.97. The number of hydrogen-bond donors (Lipinski definition) is 0. The molecule has 0 amide bonds. The van der Waals surface area contributed by atoms with Crippen LogP contribution in [0.25, 0.3) is 61.0 Å². The van der Waals surface area contributed by atoms with Gasteiger partial charge in [-0.3, -0.25) is 0 Å². The zero-order chi connectivity index (χ0) is 54.8. The van der Waals surface area contributed by atoms with Crippen LogP contribution in [0.15, 0.2) is 75.6 Å². The Balaban J connectivity index is 1.04. The van der Waals surface area contributed by atoms with Crippen molar-refractivity contribution in [1.82, 2.24) is 0 Å². The minimum atomic E-state index is 0.649. The van der Waals surface area contributed by atoms with Gasteiger partial charge in [0.1, 0.15) is 22.3 Å². The molecule has 0 saturated carbocycles. The highest BCUT2D eigenvalue weighted by atomic mass is 16.5. The van der Waals surface area contributed by atoms with Gasteiger partial charge >= 0.3 is 0 Å². The first kappa shape index (κ1) is 62.2. The van der Waals surface area contributed by atoms with E-state index in [1.165, 1.54) is 256 Å². The van der Waals surface area contributed by atoms with Crippen LogP contribution in [0.4, 0.5) is 0 Å². The second-order valence-corrected chi connectivity index (χ2v) is 23.9. The number of pyridine rings is 1. The van der Waals surface area contributed by atoms with Gasteiger partial charge < -0.3 is 23.0 Å². The third kappa shape index (κ3) is 20.2. The molecule has 0 unspecified atom stereocenters. The van der Waals surface area contributed by atoms with Crippen molar-refractivity contribution < 1.29 is 27.6 Å². The molecule has 1 aromatic heterocycles. The van der Waals surface area contributed by atoms with E-state index in [9.17, 15) is 0 Å². The summed E-state index contributed by atoms with van der Waals surface area (Å²) < 4.78 is 36.6. The molecule has 4 aromatic carbocycles. The summed E-state index contributed by atoms with van der Waals surface area (Å²) in [5.41, 5.74) is 8.76. The Kier molecular flexibility index (Phi) is 29.5. The molecule has 5 aromatic rings. The monoisotopic (exact) mass is 1080 g/mol. The van der Waals surface area contributed by atoms with E-state index >= 15 is 0 Å². The lowest BCUT2D eigenvalue weighted by Gasteiger charge is -2.20. The topological polar surface area (TPSA) is 57.9 Å². The maximum atomic E-state index is 6.97. The van der Waals surface area contributed by atoms with Gasteiger partial charge in [0.2, 0.25) is 22.5 Å². The predicted molar refractivity (Wildman–Crippen MR) is 338 cm³/mol. The van der Waals surface area contributed by atoms with Crippen LogP contribution >= 0.6 is 0 Å². The van der Waals surface area contributed by atoms with Crippen LogP contribution < -0.4 is 18.8 Å². The molecule has 0 aliphatic carbocycles. The van der Waals surface area contributed by atoms with Crippen LogP contribution in [0.5, 0.6) is 17.2 Å². The van der Waals surface area contributed by atoms with Crippen molar-refractivity contribution in [2.75, 3.05) is 19.8 Å². The summed E-state index contributed by atoms with van der Waals surface area (Å²) in [6, 6.07) is 23.5. The second kappa shape index (κ2) is 37.5. The van der Waals surface area contributed by atoms with Crippen LogP contribution in [0.2, 0.25) is 0 Å². The number of hydrogen-bond acceptors (Lipinski definition) is 5. The highest BCUT2D eigenvalue weighted by Crippen LogP contribution is 2.48. The van der Waals surface area contributed by atoms with E-state index in [4.69, 9.17) is 23.0 Å². The molecule has 7 rings (SSSR count). The summed E-state index contributed by atoms with van der Waals surface area (Å²) in [5, 5.41) is 2.19. The van der Waals surface area contributed by atoms with Crippen molar-refractivity contribution in [3.63, 3.8) is 0 Å². The summed E-state index contributed by atoms with van der Waals surface area (Å²) in [4.78, 5) is 0. The fourth-order valence-electron chi connectivity index (χ4n) is 12.5. The average Bonchev–Trinajstić information content (AvgIpc) is 3.45. The van der Waals surface area contributed by atoms with Crippen LogP contribution in [-0.2, 0) is 0 Å². The van der Waals surface area contributed by atoms with Crippen LogP contribution in [0, 0.1) is 0 Å². The van der Waals surface area contributed by atoms with E-state index in [1.807, 2.05) is 6.07 Å². The molecule has 0 fully saturated rings. The van der Waals surface area contributed by atoms with Gasteiger partial charge in [-0.25, -0.2) is 0 Å². The molecule has 2 aliphatic rings. The number of aromatic nitrogens is 1. The van der Waals surface area contributed by atoms with Gasteiger partial charge in [0.15, 0.2) is 11.5 Å². The van der Waals surface area contributed by atoms with E-state index < -0.39 is 0 Å². The molecular weight excluding hydrogens is 971 g/mol. The van der Waals surface area contributed by atoms with Crippen molar-refractivity contribution in [1.29, 1.82) is 0 Å². The molecule has 79 heavy (non-hydrogen) atoms. The van der Waals surface area contributed by atoms with E-state index in [1.54, 1.807) is 0 Å². The number of ether oxygens (including phenoxy) is 3. The Morgan fingerprint density at radius 3 is 0.911 bits per heavy atom. The lowest BCUT2D eigenvalue weighted by Crippen LogP contribution is -2.33. The van der Waals surface area contributed by atoms with E-state index in [-0.39, 0.29) is 0 Å².